The molecule has 0 amide bonds. The summed E-state index contributed by atoms with van der Waals surface area (Å²) >= 11 is 1.08. The number of hydrogen-bond donors (Lipinski definition) is 0. The van der Waals surface area contributed by atoms with Crippen LogP contribution >= 0.6 is 11.5 Å². The highest BCUT2D eigenvalue weighted by Crippen LogP contribution is 2.38. The van der Waals surface area contributed by atoms with E-state index in [0.717, 1.165) is 18.6 Å². The van der Waals surface area contributed by atoms with E-state index in [-0.39, 0.29) is 11.4 Å². The minimum atomic E-state index is -4.85. The Kier molecular flexibility index (Phi) is 4.40. The summed E-state index contributed by atoms with van der Waals surface area (Å²) in [6.07, 6.45) is -5.93. The maximum Gasteiger partial charge on any atom is 0.431 e. The zero-order valence-corrected chi connectivity index (χ0v) is 16.6. The molecular formula is C18H14F3N3O5S. The number of halogens is 3. The van der Waals surface area contributed by atoms with Gasteiger partial charge in [-0.1, -0.05) is 0 Å². The predicted molar refractivity (Wildman–Crippen MR) is 99.5 cm³/mol. The maximum absolute atomic E-state index is 13.1. The quantitative estimate of drug-likeness (QED) is 0.568. The lowest BCUT2D eigenvalue weighted by molar-refractivity contribution is -0.145. The molecule has 30 heavy (non-hydrogen) atoms. The van der Waals surface area contributed by atoms with E-state index in [9.17, 15) is 27.6 Å². The lowest BCUT2D eigenvalue weighted by atomic mass is 10.1. The second-order valence-corrected chi connectivity index (χ2v) is 7.96. The predicted octanol–water partition coefficient (Wildman–Crippen LogP) is 2.52. The van der Waals surface area contributed by atoms with E-state index in [1.54, 1.807) is 19.9 Å². The van der Waals surface area contributed by atoms with E-state index in [2.05, 4.69) is 4.37 Å². The maximum atomic E-state index is 13.1. The van der Waals surface area contributed by atoms with E-state index >= 15 is 0 Å². The van der Waals surface area contributed by atoms with Gasteiger partial charge in [0.1, 0.15) is 11.4 Å². The van der Waals surface area contributed by atoms with Gasteiger partial charge in [-0.25, -0.2) is 14.2 Å². The number of carbonyl (C=O) groups excluding carboxylic acids is 1. The van der Waals surface area contributed by atoms with Gasteiger partial charge < -0.3 is 9.47 Å². The topological polar surface area (TPSA) is 92.4 Å². The van der Waals surface area contributed by atoms with Gasteiger partial charge in [0.05, 0.1) is 10.4 Å². The molecule has 1 aliphatic heterocycles. The molecule has 0 bridgehead atoms. The van der Waals surface area contributed by atoms with Crippen LogP contribution in [0.4, 0.5) is 13.2 Å². The number of cyclic esters (lactones) is 1. The van der Waals surface area contributed by atoms with Crippen molar-refractivity contribution in [2.75, 3.05) is 0 Å². The molecule has 0 radical (unpaired) electrons. The monoisotopic (exact) mass is 441 g/mol. The van der Waals surface area contributed by atoms with Crippen LogP contribution in [-0.4, -0.2) is 25.1 Å². The van der Waals surface area contributed by atoms with Crippen molar-refractivity contribution in [1.82, 2.24) is 13.5 Å². The second kappa shape index (κ2) is 6.51. The standard InChI is InChI=1S/C18H14F3N3O5S/c1-17(2)15(26)28-14(29-17)13-9-6-8(4-5-10(9)30-22-13)24-12(25)7-11(18(19,20)21)23(3)16(24)27/h4-7,14H,1-3H3. The first-order chi connectivity index (χ1) is 13.9. The van der Waals surface area contributed by atoms with Gasteiger partial charge in [-0.2, -0.15) is 17.5 Å². The summed E-state index contributed by atoms with van der Waals surface area (Å²) in [4.78, 5) is 36.8. The number of nitrogens with zero attached hydrogens (tertiary/aromatic N) is 3. The van der Waals surface area contributed by atoms with Crippen LogP contribution in [0, 0.1) is 0 Å². The average Bonchev–Trinajstić information content (AvgIpc) is 3.17. The van der Waals surface area contributed by atoms with Crippen LogP contribution < -0.4 is 11.2 Å². The molecule has 0 spiro atoms. The fourth-order valence-corrected chi connectivity index (χ4v) is 3.85. The Morgan fingerprint density at radius 3 is 2.47 bits per heavy atom. The zero-order valence-electron chi connectivity index (χ0n) is 15.8. The summed E-state index contributed by atoms with van der Waals surface area (Å²) in [7, 11) is 0.936. The van der Waals surface area contributed by atoms with Crippen molar-refractivity contribution >= 4 is 27.6 Å². The number of fused-ring (bicyclic) bond motifs is 1. The lowest BCUT2D eigenvalue weighted by Gasteiger charge is -2.14. The molecule has 3 aromatic rings. The molecule has 1 aliphatic rings. The Hall–Kier alpha value is -2.99. The van der Waals surface area contributed by atoms with Crippen molar-refractivity contribution in [2.24, 2.45) is 7.05 Å². The van der Waals surface area contributed by atoms with Crippen molar-refractivity contribution in [1.29, 1.82) is 0 Å². The first-order valence-electron chi connectivity index (χ1n) is 8.59. The summed E-state index contributed by atoms with van der Waals surface area (Å²) < 4.78 is 55.9. The number of alkyl halides is 3. The number of esters is 1. The minimum Gasteiger partial charge on any atom is -0.427 e. The van der Waals surface area contributed by atoms with Crippen LogP contribution in [0.2, 0.25) is 0 Å². The first-order valence-corrected chi connectivity index (χ1v) is 9.36. The third-order valence-corrected chi connectivity index (χ3v) is 5.52. The van der Waals surface area contributed by atoms with Gasteiger partial charge in [0.25, 0.3) is 5.56 Å². The molecule has 8 nitrogen and oxygen atoms in total. The van der Waals surface area contributed by atoms with E-state index in [0.29, 0.717) is 25.3 Å². The molecule has 3 heterocycles. The van der Waals surface area contributed by atoms with E-state index in [1.807, 2.05) is 0 Å². The number of aromatic nitrogens is 3. The van der Waals surface area contributed by atoms with Gasteiger partial charge in [0.15, 0.2) is 5.60 Å². The van der Waals surface area contributed by atoms with Crippen LogP contribution in [0.3, 0.4) is 0 Å². The van der Waals surface area contributed by atoms with Crippen molar-refractivity contribution in [3.05, 3.63) is 56.5 Å². The molecule has 4 rings (SSSR count). The smallest absolute Gasteiger partial charge is 0.427 e. The number of rotatable bonds is 2. The normalized spacial score (nSPS) is 18.7. The van der Waals surface area contributed by atoms with Crippen molar-refractivity contribution < 1.29 is 27.4 Å². The Morgan fingerprint density at radius 1 is 1.17 bits per heavy atom. The molecule has 1 aromatic carbocycles. The van der Waals surface area contributed by atoms with Crippen LogP contribution in [0.15, 0.2) is 33.9 Å². The van der Waals surface area contributed by atoms with Gasteiger partial charge in [-0.05, 0) is 43.6 Å². The second-order valence-electron chi connectivity index (χ2n) is 7.16. The highest BCUT2D eigenvalue weighted by molar-refractivity contribution is 7.13. The van der Waals surface area contributed by atoms with E-state index in [4.69, 9.17) is 9.47 Å². The molecule has 158 valence electrons. The Morgan fingerprint density at radius 2 is 1.87 bits per heavy atom. The Bertz CT molecular complexity index is 1310. The third-order valence-electron chi connectivity index (χ3n) is 4.68. The zero-order chi connectivity index (χ0) is 22.0. The summed E-state index contributed by atoms with van der Waals surface area (Å²) in [6.45, 7) is 3.08. The highest BCUT2D eigenvalue weighted by atomic mass is 32.1. The van der Waals surface area contributed by atoms with Gasteiger partial charge >= 0.3 is 17.8 Å². The minimum absolute atomic E-state index is 0.0480. The molecule has 1 fully saturated rings. The summed E-state index contributed by atoms with van der Waals surface area (Å²) in [5, 5.41) is 0.446. The number of benzene rings is 1. The van der Waals surface area contributed by atoms with Crippen molar-refractivity contribution in [3.8, 4) is 5.69 Å². The van der Waals surface area contributed by atoms with E-state index < -0.39 is 41.0 Å². The molecular weight excluding hydrogens is 427 g/mol. The third kappa shape index (κ3) is 3.12. The van der Waals surface area contributed by atoms with Crippen LogP contribution in [-0.2, 0) is 27.5 Å². The van der Waals surface area contributed by atoms with Crippen LogP contribution in [0.25, 0.3) is 15.8 Å². The largest absolute Gasteiger partial charge is 0.431 e. The Balaban J connectivity index is 1.86. The summed E-state index contributed by atoms with van der Waals surface area (Å²) in [6, 6.07) is 4.78. The first kappa shape index (κ1) is 20.3. The molecule has 0 saturated carbocycles. The fourth-order valence-electron chi connectivity index (χ4n) is 3.08. The lowest BCUT2D eigenvalue weighted by Crippen LogP contribution is -2.40. The van der Waals surface area contributed by atoms with Crippen LogP contribution in [0.5, 0.6) is 0 Å². The fraction of sp³-hybridized carbons (Fsp3) is 0.333. The highest BCUT2D eigenvalue weighted by Gasteiger charge is 2.44. The van der Waals surface area contributed by atoms with Crippen LogP contribution in [0.1, 0.15) is 31.5 Å². The van der Waals surface area contributed by atoms with Gasteiger partial charge in [0.2, 0.25) is 6.29 Å². The van der Waals surface area contributed by atoms with Gasteiger partial charge in [-0.15, -0.1) is 0 Å². The number of hydrogen-bond acceptors (Lipinski definition) is 7. The van der Waals surface area contributed by atoms with Crippen molar-refractivity contribution in [3.63, 3.8) is 0 Å². The number of ether oxygens (including phenoxy) is 2. The molecule has 1 atom stereocenters. The van der Waals surface area contributed by atoms with Gasteiger partial charge in [0, 0.05) is 18.5 Å². The number of carbonyl (C=O) groups is 1. The molecule has 2 aromatic heterocycles. The molecule has 12 heteroatoms. The SMILES string of the molecule is Cn1c(C(F)(F)F)cc(=O)n(-c2ccc3snc(C4OC(=O)C(C)(C)O4)c3c2)c1=O. The van der Waals surface area contributed by atoms with Gasteiger partial charge in [-0.3, -0.25) is 9.36 Å². The summed E-state index contributed by atoms with van der Waals surface area (Å²) in [5.41, 5.74) is -4.47. The molecule has 1 unspecified atom stereocenters. The van der Waals surface area contributed by atoms with E-state index in [1.165, 1.54) is 12.1 Å². The molecule has 0 aliphatic carbocycles. The Labute approximate surface area is 170 Å². The van der Waals surface area contributed by atoms with Crippen molar-refractivity contribution in [2.45, 2.75) is 31.9 Å². The summed E-state index contributed by atoms with van der Waals surface area (Å²) in [5.74, 6) is -0.572. The molecule has 1 saturated heterocycles. The molecule has 0 N–H and O–H groups in total. The average molecular weight is 441 g/mol.